The van der Waals surface area contributed by atoms with Gasteiger partial charge in [0.2, 0.25) is 0 Å². The molecule has 9 rings (SSSR count). The van der Waals surface area contributed by atoms with Gasteiger partial charge in [0, 0.05) is 39.3 Å². The van der Waals surface area contributed by atoms with Gasteiger partial charge in [0.15, 0.2) is 17.3 Å². The van der Waals surface area contributed by atoms with Crippen LogP contribution in [-0.2, 0) is 28.8 Å². The van der Waals surface area contributed by atoms with E-state index in [1.807, 2.05) is 0 Å². The van der Waals surface area contributed by atoms with Gasteiger partial charge in [-0.15, -0.1) is 0 Å². The highest BCUT2D eigenvalue weighted by Crippen LogP contribution is 2.30. The van der Waals surface area contributed by atoms with E-state index in [9.17, 15) is 57.5 Å². The van der Waals surface area contributed by atoms with Crippen LogP contribution in [0.15, 0.2) is 48.5 Å². The Bertz CT molecular complexity index is 2450. The van der Waals surface area contributed by atoms with Crippen molar-refractivity contribution in [2.75, 3.05) is 39.3 Å². The molecule has 2 aromatic carbocycles. The molecule has 5 saturated heterocycles. The lowest BCUT2D eigenvalue weighted by atomic mass is 10.0. The number of nitrogens with one attached hydrogen (secondary N) is 3. The topological polar surface area (TPSA) is 316 Å². The van der Waals surface area contributed by atoms with Crippen molar-refractivity contribution < 1.29 is 57.5 Å². The zero-order valence-corrected chi connectivity index (χ0v) is 38.3. The van der Waals surface area contributed by atoms with Gasteiger partial charge in [0.05, 0.1) is 22.3 Å². The van der Waals surface area contributed by atoms with Gasteiger partial charge in [0.1, 0.15) is 36.3 Å². The Kier molecular flexibility index (Phi) is 14.6. The van der Waals surface area contributed by atoms with Gasteiger partial charge in [-0.05, 0) is 83.6 Å². The third kappa shape index (κ3) is 9.28. The average molecular weight is 955 g/mol. The summed E-state index contributed by atoms with van der Waals surface area (Å²) in [5.41, 5.74) is 15.3. The van der Waals surface area contributed by atoms with Crippen LogP contribution in [0.25, 0.3) is 0 Å². The Labute approximate surface area is 395 Å². The van der Waals surface area contributed by atoms with E-state index in [4.69, 9.17) is 11.5 Å². The van der Waals surface area contributed by atoms with Gasteiger partial charge in [-0.3, -0.25) is 62.8 Å². The molecule has 0 aromatic heterocycles. The highest BCUT2D eigenvalue weighted by molar-refractivity contribution is 6.24. The number of hydrazine groups is 3. The number of hydrogen-bond donors (Lipinski definition) is 5. The molecule has 24 heteroatoms. The standard InChI is InChI=1S/C18H18N4O5.C17H20N4O4.C10H16N4O3/c1-10(23)13-7-4-8-20-18(27)19-9-14(17(26)22(13)20)21-15(24)11-5-2-3-6-12(11)16(21)25;1-10(22)13-7-4-8-19-21(13)17(25)14(9-18)20-15(23)11-5-2-3-6-12(11)16(20)24;1-6(15)8-3-2-4-13-10(17)12-5-7(11)9(16)14(8)13/h2-3,5-6,13-14H,4,7-9H2,1H3,(H,19,27);2-3,5-6,13-14,19H,4,7-9,18H2,1H3;7-8H,2-5,11H2,1H3,(H,12,17)/t2*13-,14-;7-,8-/m000/s1. The second kappa shape index (κ2) is 20.4. The number of Topliss-reactive ketones (excluding diaryl/α,β-unsaturated/α-hetero) is 3. The van der Waals surface area contributed by atoms with Crippen LogP contribution < -0.4 is 27.5 Å². The third-order valence-electron chi connectivity index (χ3n) is 12.9. The van der Waals surface area contributed by atoms with E-state index in [-0.39, 0.29) is 77.7 Å². The van der Waals surface area contributed by atoms with Crippen molar-refractivity contribution >= 4 is 70.8 Å². The van der Waals surface area contributed by atoms with Crippen LogP contribution in [0.5, 0.6) is 0 Å². The number of rotatable bonds is 7. The van der Waals surface area contributed by atoms with Crippen LogP contribution in [0.1, 0.15) is 101 Å². The first-order valence-corrected chi connectivity index (χ1v) is 22.6. The molecule has 24 nitrogen and oxygen atoms in total. The lowest BCUT2D eigenvalue weighted by Gasteiger charge is -2.42. The molecule has 0 spiro atoms. The number of imide groups is 2. The molecule has 7 aliphatic rings. The zero-order valence-electron chi connectivity index (χ0n) is 38.3. The van der Waals surface area contributed by atoms with Crippen LogP contribution in [0.3, 0.4) is 0 Å². The number of nitrogens with two attached hydrogens (primary N) is 2. The van der Waals surface area contributed by atoms with Crippen LogP contribution >= 0.6 is 0 Å². The van der Waals surface area contributed by atoms with Crippen molar-refractivity contribution in [1.29, 1.82) is 0 Å². The average Bonchev–Trinajstić information content (AvgIpc) is 3.65. The molecule has 7 heterocycles. The number of fused-ring (bicyclic) bond motifs is 4. The van der Waals surface area contributed by atoms with E-state index in [2.05, 4.69) is 16.1 Å². The summed E-state index contributed by atoms with van der Waals surface area (Å²) in [6.45, 7) is 5.16. The van der Waals surface area contributed by atoms with E-state index < -0.39 is 77.7 Å². The number of hydrogen-bond acceptors (Lipinski definition) is 15. The summed E-state index contributed by atoms with van der Waals surface area (Å²) in [5.74, 6) is -4.28. The maximum atomic E-state index is 13.3. The van der Waals surface area contributed by atoms with Gasteiger partial charge in [-0.1, -0.05) is 24.3 Å². The molecule has 0 radical (unpaired) electrons. The summed E-state index contributed by atoms with van der Waals surface area (Å²) < 4.78 is 0. The highest BCUT2D eigenvalue weighted by atomic mass is 16.2. The van der Waals surface area contributed by atoms with Gasteiger partial charge < -0.3 is 22.1 Å². The molecule has 11 amide bonds. The first-order chi connectivity index (χ1) is 32.9. The fraction of sp³-hybridized carbons (Fsp3) is 0.467. The minimum atomic E-state index is -1.20. The Balaban J connectivity index is 0.000000157. The van der Waals surface area contributed by atoms with Crippen LogP contribution in [-0.4, -0.2) is 181 Å². The summed E-state index contributed by atoms with van der Waals surface area (Å²) >= 11 is 0. The first kappa shape index (κ1) is 49.5. The van der Waals surface area contributed by atoms with E-state index in [1.165, 1.54) is 52.9 Å². The molecule has 7 N–H and O–H groups in total. The van der Waals surface area contributed by atoms with Crippen LogP contribution in [0, 0.1) is 0 Å². The molecule has 0 bridgehead atoms. The minimum Gasteiger partial charge on any atom is -0.334 e. The zero-order chi connectivity index (χ0) is 50.0. The predicted octanol–water partition coefficient (Wildman–Crippen LogP) is -1.30. The smallest absolute Gasteiger partial charge is 0.334 e. The van der Waals surface area contributed by atoms with E-state index >= 15 is 0 Å². The summed E-state index contributed by atoms with van der Waals surface area (Å²) in [4.78, 5) is 150. The molecular weight excluding hydrogens is 901 g/mol. The highest BCUT2D eigenvalue weighted by Gasteiger charge is 2.50. The lowest BCUT2D eigenvalue weighted by molar-refractivity contribution is -0.160. The van der Waals surface area contributed by atoms with Crippen molar-refractivity contribution in [3.8, 4) is 0 Å². The van der Waals surface area contributed by atoms with Crippen LogP contribution in [0.2, 0.25) is 0 Å². The summed E-state index contributed by atoms with van der Waals surface area (Å²) in [6.07, 6.45) is 3.59. The number of nitrogens with zero attached hydrogens (tertiary/aromatic N) is 7. The Morgan fingerprint density at radius 2 is 1.04 bits per heavy atom. The Hall–Kier alpha value is -7.44. The molecule has 6 atom stereocenters. The van der Waals surface area contributed by atoms with Gasteiger partial charge >= 0.3 is 12.1 Å². The number of benzene rings is 2. The van der Waals surface area contributed by atoms with Crippen molar-refractivity contribution in [2.45, 2.75) is 95.5 Å². The number of amides is 11. The lowest BCUT2D eigenvalue weighted by Crippen LogP contribution is -2.63. The molecule has 5 fully saturated rings. The van der Waals surface area contributed by atoms with E-state index in [0.717, 1.165) is 21.2 Å². The molecule has 0 saturated carbocycles. The SMILES string of the molecule is CC(=O)[C@@H]1CCCN2C(=O)NC[C@H](N)C(=O)N12.CC(=O)[C@@H]1CCCN2C(=O)NC[C@H](N3C(=O)c4ccccc4C3=O)C(=O)N12.CC(=O)[C@@H]1CCCNN1C(=O)[C@H](CN)N1C(=O)c2ccccc2C1=O. The molecule has 7 aliphatic heterocycles. The minimum absolute atomic E-state index is 0.106. The monoisotopic (exact) mass is 954 g/mol. The third-order valence-corrected chi connectivity index (χ3v) is 12.9. The quantitative estimate of drug-likeness (QED) is 0.202. The summed E-state index contributed by atoms with van der Waals surface area (Å²) in [7, 11) is 0. The molecule has 69 heavy (non-hydrogen) atoms. The number of urea groups is 2. The molecule has 2 aromatic rings. The van der Waals surface area contributed by atoms with Gasteiger partial charge in [-0.2, -0.15) is 0 Å². The number of carbonyl (C=O) groups is 12. The normalized spacial score (nSPS) is 24.8. The molecule has 366 valence electrons. The fourth-order valence-electron chi connectivity index (χ4n) is 9.43. The van der Waals surface area contributed by atoms with Crippen molar-refractivity contribution in [1.82, 2.24) is 50.9 Å². The number of carbonyl (C=O) groups excluding carboxylic acids is 12. The summed E-state index contributed by atoms with van der Waals surface area (Å²) in [6, 6.07) is 6.75. The van der Waals surface area contributed by atoms with E-state index in [1.54, 1.807) is 36.4 Å². The largest absolute Gasteiger partial charge is 0.336 e. The Morgan fingerprint density at radius 1 is 0.609 bits per heavy atom. The van der Waals surface area contributed by atoms with E-state index in [0.29, 0.717) is 45.2 Å². The van der Waals surface area contributed by atoms with Crippen molar-refractivity contribution in [2.24, 2.45) is 11.5 Å². The Morgan fingerprint density at radius 3 is 1.51 bits per heavy atom. The fourth-order valence-corrected chi connectivity index (χ4v) is 9.43. The summed E-state index contributed by atoms with van der Waals surface area (Å²) in [5, 5.41) is 11.3. The maximum Gasteiger partial charge on any atom is 0.336 e. The number of ketones is 3. The van der Waals surface area contributed by atoms with Gasteiger partial charge in [0.25, 0.3) is 41.4 Å². The molecule has 0 unspecified atom stereocenters. The second-order valence-electron chi connectivity index (χ2n) is 17.3. The second-order valence-corrected chi connectivity index (χ2v) is 17.3. The van der Waals surface area contributed by atoms with Gasteiger partial charge in [-0.25, -0.2) is 35.1 Å². The first-order valence-electron chi connectivity index (χ1n) is 22.6. The molecule has 0 aliphatic carbocycles. The predicted molar refractivity (Wildman–Crippen MR) is 238 cm³/mol. The van der Waals surface area contributed by atoms with Crippen LogP contribution in [0.4, 0.5) is 9.59 Å². The molecular formula is C45H54N12O12. The van der Waals surface area contributed by atoms with Crippen molar-refractivity contribution in [3.05, 3.63) is 70.8 Å². The maximum absolute atomic E-state index is 13.3. The van der Waals surface area contributed by atoms with Crippen molar-refractivity contribution in [3.63, 3.8) is 0 Å².